The van der Waals surface area contributed by atoms with Gasteiger partial charge in [-0.2, -0.15) is 0 Å². The van der Waals surface area contributed by atoms with Crippen molar-refractivity contribution in [3.05, 3.63) is 12.4 Å². The molecule has 0 aromatic carbocycles. The number of hydrogen-bond acceptors (Lipinski definition) is 4. The van der Waals surface area contributed by atoms with Crippen LogP contribution in [-0.4, -0.2) is 40.0 Å². The van der Waals surface area contributed by atoms with E-state index in [4.69, 9.17) is 4.74 Å². The Hall–Kier alpha value is -0.851. The molecule has 0 aliphatic heterocycles. The van der Waals surface area contributed by atoms with Crippen LogP contribution in [0.15, 0.2) is 12.4 Å². The number of nitrogens with zero attached hydrogens (tertiary/aromatic N) is 2. The van der Waals surface area contributed by atoms with E-state index in [9.17, 15) is 4.79 Å². The molecule has 18 heavy (non-hydrogen) atoms. The van der Waals surface area contributed by atoms with Crippen LogP contribution >= 0.6 is 0 Å². The molecule has 0 saturated heterocycles. The Kier molecular flexibility index (Phi) is 4.58. The van der Waals surface area contributed by atoms with E-state index in [1.165, 1.54) is 6.33 Å². The molecule has 0 aliphatic rings. The Morgan fingerprint density at radius 2 is 1.89 bits per heavy atom. The minimum atomic E-state index is -2.23. The van der Waals surface area contributed by atoms with Crippen molar-refractivity contribution < 1.29 is 9.53 Å². The van der Waals surface area contributed by atoms with Gasteiger partial charge in [-0.15, -0.1) is 0 Å². The monoisotopic (exact) mass is 359 g/mol. The summed E-state index contributed by atoms with van der Waals surface area (Å²) in [7, 11) is 0. The molecule has 1 amide bonds. The third-order valence-corrected chi connectivity index (χ3v) is 7.23. The van der Waals surface area contributed by atoms with E-state index in [1.54, 1.807) is 0 Å². The first-order chi connectivity index (χ1) is 8.08. The van der Waals surface area contributed by atoms with Crippen molar-refractivity contribution in [1.82, 2.24) is 9.97 Å². The average Bonchev–Trinajstić information content (AvgIpc) is 2.13. The number of carbonyl (C=O) groups is 1. The van der Waals surface area contributed by atoms with Crippen molar-refractivity contribution >= 4 is 34.0 Å². The van der Waals surface area contributed by atoms with Gasteiger partial charge in [0.1, 0.15) is 0 Å². The van der Waals surface area contributed by atoms with Crippen molar-refractivity contribution in [3.63, 3.8) is 0 Å². The molecule has 0 bridgehead atoms. The van der Waals surface area contributed by atoms with Crippen molar-refractivity contribution in [1.29, 1.82) is 0 Å². The molecule has 0 aliphatic carbocycles. The summed E-state index contributed by atoms with van der Waals surface area (Å²) in [5.74, 6) is 0.501. The van der Waals surface area contributed by atoms with Gasteiger partial charge in [-0.3, -0.25) is 0 Å². The summed E-state index contributed by atoms with van der Waals surface area (Å²) in [6.45, 7) is 5.47. The van der Waals surface area contributed by atoms with Crippen LogP contribution in [0.1, 0.15) is 20.8 Å². The van der Waals surface area contributed by atoms with Crippen LogP contribution in [0.25, 0.3) is 0 Å². The predicted octanol–water partition coefficient (Wildman–Crippen LogP) is 2.37. The minimum absolute atomic E-state index is 0.490. The van der Waals surface area contributed by atoms with E-state index in [-0.39, 0.29) is 0 Å². The van der Waals surface area contributed by atoms with E-state index in [1.807, 2.05) is 26.8 Å². The molecule has 0 unspecified atom stereocenters. The summed E-state index contributed by atoms with van der Waals surface area (Å²) in [6.07, 6.45) is 1.00. The Bertz CT molecular complexity index is 436. The first kappa shape index (κ1) is 15.2. The Labute approximate surface area is 112 Å². The number of ether oxygens (including phenoxy) is 1. The van der Waals surface area contributed by atoms with Crippen LogP contribution in [0.3, 0.4) is 0 Å². The van der Waals surface area contributed by atoms with Gasteiger partial charge in [-0.1, -0.05) is 0 Å². The molecule has 6 heteroatoms. The molecular weight excluding hydrogens is 337 g/mol. The summed E-state index contributed by atoms with van der Waals surface area (Å²) in [4.78, 5) is 26.7. The molecule has 100 valence electrons. The van der Waals surface area contributed by atoms with E-state index in [2.05, 4.69) is 30.1 Å². The number of nitrogens with one attached hydrogen (secondary N) is 1. The van der Waals surface area contributed by atoms with Crippen molar-refractivity contribution in [3.8, 4) is 0 Å². The summed E-state index contributed by atoms with van der Waals surface area (Å²) in [6, 6.07) is 1.85. The third-order valence-electron chi connectivity index (χ3n) is 2.06. The van der Waals surface area contributed by atoms with Crippen molar-refractivity contribution in [2.75, 3.05) is 5.32 Å². The SMILES string of the molecule is CC(C)(C)OC(=O)Nc1c[c]([Sn]([CH3])([CH3])[CH3])ncn1. The van der Waals surface area contributed by atoms with Crippen LogP contribution < -0.4 is 9.03 Å². The van der Waals surface area contributed by atoms with Crippen molar-refractivity contribution in [2.24, 2.45) is 0 Å². The molecule has 0 fully saturated rings. The molecule has 1 rings (SSSR count). The fraction of sp³-hybridized carbons (Fsp3) is 0.583. The number of amides is 1. The Morgan fingerprint density at radius 3 is 2.39 bits per heavy atom. The van der Waals surface area contributed by atoms with Gasteiger partial charge in [0, 0.05) is 0 Å². The van der Waals surface area contributed by atoms with Crippen LogP contribution in [0.4, 0.5) is 10.6 Å². The van der Waals surface area contributed by atoms with Gasteiger partial charge in [-0.25, -0.2) is 0 Å². The number of aromatic nitrogens is 2. The van der Waals surface area contributed by atoms with Crippen LogP contribution in [0, 0.1) is 0 Å². The second-order valence-electron chi connectivity index (χ2n) is 6.17. The van der Waals surface area contributed by atoms with E-state index in [0.717, 1.165) is 3.71 Å². The van der Waals surface area contributed by atoms with Gasteiger partial charge in [0.2, 0.25) is 0 Å². The van der Waals surface area contributed by atoms with Gasteiger partial charge < -0.3 is 0 Å². The zero-order chi connectivity index (χ0) is 14.0. The standard InChI is InChI=1S/C9H12N3O2.3CH3.Sn/c1-9(2,3)14-8(13)12-7-4-5-10-6-11-7;;;;/h4,6H,1-3H3,(H,10,11,12,13);3*1H3;. The van der Waals surface area contributed by atoms with Gasteiger partial charge in [-0.05, 0) is 0 Å². The van der Waals surface area contributed by atoms with E-state index in [0.29, 0.717) is 5.82 Å². The number of anilines is 1. The quantitative estimate of drug-likeness (QED) is 0.825. The molecule has 1 aromatic heterocycles. The van der Waals surface area contributed by atoms with E-state index < -0.39 is 30.1 Å². The number of carbonyl (C=O) groups excluding carboxylic acids is 1. The van der Waals surface area contributed by atoms with Crippen LogP contribution in [0.5, 0.6) is 0 Å². The fourth-order valence-corrected chi connectivity index (χ4v) is 4.14. The molecule has 0 spiro atoms. The molecular formula is C12H21N3O2Sn. The van der Waals surface area contributed by atoms with Gasteiger partial charge in [0.15, 0.2) is 0 Å². The number of hydrogen-bond donors (Lipinski definition) is 1. The zero-order valence-corrected chi connectivity index (χ0v) is 14.7. The summed E-state index contributed by atoms with van der Waals surface area (Å²) in [5, 5.41) is 2.63. The normalized spacial score (nSPS) is 12.1. The van der Waals surface area contributed by atoms with Gasteiger partial charge in [0.05, 0.1) is 0 Å². The molecule has 1 N–H and O–H groups in total. The molecule has 5 nitrogen and oxygen atoms in total. The maximum atomic E-state index is 11.6. The Morgan fingerprint density at radius 1 is 1.28 bits per heavy atom. The summed E-state index contributed by atoms with van der Waals surface area (Å²) < 4.78 is 6.25. The van der Waals surface area contributed by atoms with Gasteiger partial charge >= 0.3 is 112 Å². The summed E-state index contributed by atoms with van der Waals surface area (Å²) in [5.41, 5.74) is -0.511. The molecule has 1 heterocycles. The van der Waals surface area contributed by atoms with E-state index >= 15 is 0 Å². The van der Waals surface area contributed by atoms with Crippen molar-refractivity contribution in [2.45, 2.75) is 41.2 Å². The molecule has 1 aromatic rings. The second kappa shape index (κ2) is 5.42. The zero-order valence-electron chi connectivity index (χ0n) is 11.9. The van der Waals surface area contributed by atoms with Gasteiger partial charge in [0.25, 0.3) is 0 Å². The average molecular weight is 358 g/mol. The maximum absolute atomic E-state index is 11.6. The first-order valence-corrected chi connectivity index (χ1v) is 15.9. The van der Waals surface area contributed by atoms with Crippen LogP contribution in [-0.2, 0) is 4.74 Å². The molecule has 0 atom stereocenters. The number of rotatable bonds is 2. The Balaban J connectivity index is 2.77. The first-order valence-electron chi connectivity index (χ1n) is 5.90. The molecule has 0 saturated carbocycles. The topological polar surface area (TPSA) is 64.1 Å². The second-order valence-corrected chi connectivity index (χ2v) is 20.5. The predicted molar refractivity (Wildman–Crippen MR) is 74.9 cm³/mol. The fourth-order valence-electron chi connectivity index (χ4n) is 1.24. The van der Waals surface area contributed by atoms with Crippen LogP contribution in [0.2, 0.25) is 14.8 Å². The summed E-state index contributed by atoms with van der Waals surface area (Å²) >= 11 is -2.23. The molecule has 0 radical (unpaired) electrons. The third kappa shape index (κ3) is 5.20.